The van der Waals surface area contributed by atoms with Gasteiger partial charge in [0.05, 0.1) is 0 Å². The Morgan fingerprint density at radius 2 is 2.19 bits per heavy atom. The third kappa shape index (κ3) is 4.97. The molecule has 1 atom stereocenters. The van der Waals surface area contributed by atoms with Crippen LogP contribution in [0.2, 0.25) is 0 Å². The molecule has 16 heavy (non-hydrogen) atoms. The molecule has 1 fully saturated rings. The van der Waals surface area contributed by atoms with E-state index in [0.717, 1.165) is 25.9 Å². The van der Waals surface area contributed by atoms with E-state index in [4.69, 9.17) is 0 Å². The molecular weight excluding hydrogens is 200 g/mol. The van der Waals surface area contributed by atoms with Crippen LogP contribution in [-0.2, 0) is 4.79 Å². The topological polar surface area (TPSA) is 41.1 Å². The van der Waals surface area contributed by atoms with E-state index in [2.05, 4.69) is 31.4 Å². The van der Waals surface area contributed by atoms with Crippen LogP contribution in [0.4, 0.5) is 0 Å². The third-order valence-corrected chi connectivity index (χ3v) is 3.57. The number of hydrogen-bond acceptors (Lipinski definition) is 2. The van der Waals surface area contributed by atoms with Crippen molar-refractivity contribution >= 4 is 5.91 Å². The first-order valence-electron chi connectivity index (χ1n) is 6.53. The summed E-state index contributed by atoms with van der Waals surface area (Å²) < 4.78 is 0. The predicted octanol–water partition coefficient (Wildman–Crippen LogP) is 2.07. The van der Waals surface area contributed by atoms with E-state index in [9.17, 15) is 4.79 Å². The molecule has 1 saturated heterocycles. The van der Waals surface area contributed by atoms with Crippen molar-refractivity contribution in [2.75, 3.05) is 13.1 Å². The Labute approximate surface area is 99.4 Å². The van der Waals surface area contributed by atoms with Crippen LogP contribution in [0.15, 0.2) is 0 Å². The number of carbonyl (C=O) groups excluding carboxylic acids is 1. The van der Waals surface area contributed by atoms with Crippen LogP contribution in [0.1, 0.15) is 52.9 Å². The minimum Gasteiger partial charge on any atom is -0.356 e. The maximum atomic E-state index is 11.7. The van der Waals surface area contributed by atoms with E-state index in [1.54, 1.807) is 0 Å². The molecule has 2 N–H and O–H groups in total. The molecule has 0 radical (unpaired) electrons. The molecule has 1 heterocycles. The standard InChI is InChI=1S/C13H26N2O/c1-4-13(2,3)10-15-12(16)9-11-7-5-6-8-14-11/h11,14H,4-10H2,1-3H3,(H,15,16). The van der Waals surface area contributed by atoms with Crippen molar-refractivity contribution in [1.82, 2.24) is 10.6 Å². The Balaban J connectivity index is 2.19. The summed E-state index contributed by atoms with van der Waals surface area (Å²) in [4.78, 5) is 11.7. The maximum Gasteiger partial charge on any atom is 0.221 e. The average molecular weight is 226 g/mol. The summed E-state index contributed by atoms with van der Waals surface area (Å²) in [6, 6.07) is 0.401. The highest BCUT2D eigenvalue weighted by Gasteiger charge is 2.19. The second kappa shape index (κ2) is 6.24. The summed E-state index contributed by atoms with van der Waals surface area (Å²) in [5.74, 6) is 0.195. The molecule has 3 nitrogen and oxygen atoms in total. The Bertz CT molecular complexity index is 220. The van der Waals surface area contributed by atoms with Gasteiger partial charge in [-0.1, -0.05) is 27.2 Å². The highest BCUT2D eigenvalue weighted by Crippen LogP contribution is 2.18. The maximum absolute atomic E-state index is 11.7. The van der Waals surface area contributed by atoms with Gasteiger partial charge in [-0.3, -0.25) is 4.79 Å². The number of amides is 1. The van der Waals surface area contributed by atoms with Gasteiger partial charge in [0.1, 0.15) is 0 Å². The fraction of sp³-hybridized carbons (Fsp3) is 0.923. The largest absolute Gasteiger partial charge is 0.356 e. The Morgan fingerprint density at radius 1 is 1.44 bits per heavy atom. The van der Waals surface area contributed by atoms with E-state index in [-0.39, 0.29) is 11.3 Å². The predicted molar refractivity (Wildman–Crippen MR) is 67.3 cm³/mol. The van der Waals surface area contributed by atoms with Gasteiger partial charge in [0, 0.05) is 19.0 Å². The average Bonchev–Trinajstić information content (AvgIpc) is 2.28. The van der Waals surface area contributed by atoms with E-state index < -0.39 is 0 Å². The van der Waals surface area contributed by atoms with Crippen LogP contribution in [0.25, 0.3) is 0 Å². The summed E-state index contributed by atoms with van der Waals surface area (Å²) in [7, 11) is 0. The van der Waals surface area contributed by atoms with Crippen molar-refractivity contribution < 1.29 is 4.79 Å². The smallest absolute Gasteiger partial charge is 0.221 e. The van der Waals surface area contributed by atoms with Crippen molar-refractivity contribution in [1.29, 1.82) is 0 Å². The van der Waals surface area contributed by atoms with Crippen molar-refractivity contribution in [2.24, 2.45) is 5.41 Å². The van der Waals surface area contributed by atoms with Crippen LogP contribution >= 0.6 is 0 Å². The van der Waals surface area contributed by atoms with Gasteiger partial charge in [-0.25, -0.2) is 0 Å². The highest BCUT2D eigenvalue weighted by molar-refractivity contribution is 5.76. The lowest BCUT2D eigenvalue weighted by Gasteiger charge is -2.25. The van der Waals surface area contributed by atoms with Gasteiger partial charge in [-0.15, -0.1) is 0 Å². The molecule has 0 saturated carbocycles. The van der Waals surface area contributed by atoms with E-state index in [1.165, 1.54) is 12.8 Å². The fourth-order valence-corrected chi connectivity index (χ4v) is 1.86. The van der Waals surface area contributed by atoms with Crippen LogP contribution < -0.4 is 10.6 Å². The van der Waals surface area contributed by atoms with Gasteiger partial charge in [0.15, 0.2) is 0 Å². The lowest BCUT2D eigenvalue weighted by atomic mass is 9.90. The molecule has 0 aliphatic carbocycles. The molecule has 0 aromatic carbocycles. The summed E-state index contributed by atoms with van der Waals surface area (Å²) in [6.45, 7) is 8.39. The SMILES string of the molecule is CCC(C)(C)CNC(=O)CC1CCCCN1. The highest BCUT2D eigenvalue weighted by atomic mass is 16.1. The van der Waals surface area contributed by atoms with Gasteiger partial charge in [0.25, 0.3) is 0 Å². The van der Waals surface area contributed by atoms with Crippen molar-refractivity contribution in [3.8, 4) is 0 Å². The molecule has 0 bridgehead atoms. The van der Waals surface area contributed by atoms with Crippen molar-refractivity contribution in [3.05, 3.63) is 0 Å². The molecule has 1 aliphatic rings. The lowest BCUT2D eigenvalue weighted by Crippen LogP contribution is -2.40. The van der Waals surface area contributed by atoms with Gasteiger partial charge < -0.3 is 10.6 Å². The molecule has 0 spiro atoms. The number of hydrogen-bond donors (Lipinski definition) is 2. The van der Waals surface area contributed by atoms with Crippen LogP contribution in [0.3, 0.4) is 0 Å². The molecule has 94 valence electrons. The number of rotatable bonds is 5. The molecule has 3 heteroatoms. The molecule has 1 unspecified atom stereocenters. The first kappa shape index (κ1) is 13.5. The lowest BCUT2D eigenvalue weighted by molar-refractivity contribution is -0.122. The molecule has 0 aromatic rings. The van der Waals surface area contributed by atoms with E-state index in [1.807, 2.05) is 0 Å². The fourth-order valence-electron chi connectivity index (χ4n) is 1.86. The number of carbonyl (C=O) groups is 1. The Kier molecular flexibility index (Phi) is 5.26. The number of piperidine rings is 1. The van der Waals surface area contributed by atoms with Crippen LogP contribution in [0.5, 0.6) is 0 Å². The van der Waals surface area contributed by atoms with Gasteiger partial charge in [-0.2, -0.15) is 0 Å². The molecule has 1 rings (SSSR count). The minimum atomic E-state index is 0.195. The number of nitrogens with one attached hydrogen (secondary N) is 2. The van der Waals surface area contributed by atoms with Crippen molar-refractivity contribution in [3.63, 3.8) is 0 Å². The Hall–Kier alpha value is -0.570. The molecule has 1 aliphatic heterocycles. The van der Waals surface area contributed by atoms with Gasteiger partial charge >= 0.3 is 0 Å². The minimum absolute atomic E-state index is 0.195. The first-order chi connectivity index (χ1) is 7.53. The Morgan fingerprint density at radius 3 is 2.75 bits per heavy atom. The zero-order chi connectivity index (χ0) is 12.0. The normalized spacial score (nSPS) is 21.8. The van der Waals surface area contributed by atoms with Gasteiger partial charge in [0.2, 0.25) is 5.91 Å². The zero-order valence-corrected chi connectivity index (χ0v) is 10.9. The second-order valence-electron chi connectivity index (χ2n) is 5.65. The second-order valence-corrected chi connectivity index (χ2v) is 5.65. The van der Waals surface area contributed by atoms with Crippen LogP contribution in [-0.4, -0.2) is 25.0 Å². The van der Waals surface area contributed by atoms with E-state index in [0.29, 0.717) is 12.5 Å². The summed E-state index contributed by atoms with van der Waals surface area (Å²) >= 11 is 0. The first-order valence-corrected chi connectivity index (χ1v) is 6.53. The molecule has 0 aromatic heterocycles. The quantitative estimate of drug-likeness (QED) is 0.753. The van der Waals surface area contributed by atoms with Gasteiger partial charge in [-0.05, 0) is 31.2 Å². The monoisotopic (exact) mass is 226 g/mol. The summed E-state index contributed by atoms with van der Waals surface area (Å²) in [6.07, 6.45) is 5.38. The third-order valence-electron chi connectivity index (χ3n) is 3.57. The van der Waals surface area contributed by atoms with Crippen LogP contribution in [0, 0.1) is 5.41 Å². The zero-order valence-electron chi connectivity index (χ0n) is 10.9. The van der Waals surface area contributed by atoms with Crippen molar-refractivity contribution in [2.45, 2.75) is 58.9 Å². The van der Waals surface area contributed by atoms with E-state index >= 15 is 0 Å². The summed E-state index contributed by atoms with van der Waals surface area (Å²) in [5.41, 5.74) is 0.218. The summed E-state index contributed by atoms with van der Waals surface area (Å²) in [5, 5.41) is 6.44. The molecule has 1 amide bonds. The molecular formula is C13H26N2O.